The Hall–Kier alpha value is -1.61. The van der Waals surface area contributed by atoms with E-state index < -0.39 is 6.10 Å². The number of hydrogen-bond acceptors (Lipinski definition) is 5. The monoisotopic (exact) mass is 290 g/mol. The molecular weight excluding hydrogens is 268 g/mol. The zero-order chi connectivity index (χ0) is 15.1. The van der Waals surface area contributed by atoms with E-state index in [0.29, 0.717) is 29.8 Å². The summed E-state index contributed by atoms with van der Waals surface area (Å²) in [4.78, 5) is 0. The summed E-state index contributed by atoms with van der Waals surface area (Å²) >= 11 is 0. The number of nitrogens with one attached hydrogen (secondary N) is 1. The molecule has 21 heavy (non-hydrogen) atoms. The molecule has 0 aromatic heterocycles. The Kier molecular flexibility index (Phi) is 6.00. The Labute approximate surface area is 125 Å². The first-order valence-electron chi connectivity index (χ1n) is 7.32. The Morgan fingerprint density at radius 2 is 2.33 bits per heavy atom. The molecule has 1 fully saturated rings. The van der Waals surface area contributed by atoms with Gasteiger partial charge in [-0.1, -0.05) is 12.1 Å². The summed E-state index contributed by atoms with van der Waals surface area (Å²) in [7, 11) is 0. The van der Waals surface area contributed by atoms with E-state index in [9.17, 15) is 5.11 Å². The standard InChI is InChI=1S/C16H22N2O3/c1-12(14-6-7-20-10-14)18-9-15(19)11-21-16-5-3-2-4-13(16)8-17/h2-5,12,14-15,18-19H,6-7,9-11H2,1H3. The molecule has 1 aromatic rings. The van der Waals surface area contributed by atoms with Crippen LogP contribution in [0.4, 0.5) is 0 Å². The van der Waals surface area contributed by atoms with Gasteiger partial charge in [0.15, 0.2) is 0 Å². The van der Waals surface area contributed by atoms with Crippen LogP contribution in [0.2, 0.25) is 0 Å². The van der Waals surface area contributed by atoms with Crippen LogP contribution in [-0.2, 0) is 4.74 Å². The second-order valence-corrected chi connectivity index (χ2v) is 5.39. The first-order valence-corrected chi connectivity index (χ1v) is 7.32. The topological polar surface area (TPSA) is 74.5 Å². The molecule has 0 spiro atoms. The van der Waals surface area contributed by atoms with E-state index in [1.165, 1.54) is 0 Å². The van der Waals surface area contributed by atoms with Crippen molar-refractivity contribution >= 4 is 0 Å². The zero-order valence-electron chi connectivity index (χ0n) is 12.3. The normalized spacial score (nSPS) is 20.7. The lowest BCUT2D eigenvalue weighted by Gasteiger charge is -2.21. The molecule has 1 aliphatic rings. The van der Waals surface area contributed by atoms with E-state index in [1.54, 1.807) is 18.2 Å². The summed E-state index contributed by atoms with van der Waals surface area (Å²) in [5, 5.41) is 22.2. The molecule has 1 heterocycles. The van der Waals surface area contributed by atoms with Crippen LogP contribution in [0.25, 0.3) is 0 Å². The summed E-state index contributed by atoms with van der Waals surface area (Å²) in [6, 6.07) is 9.41. The lowest BCUT2D eigenvalue weighted by atomic mass is 10.0. The lowest BCUT2D eigenvalue weighted by Crippen LogP contribution is -2.40. The second-order valence-electron chi connectivity index (χ2n) is 5.39. The fourth-order valence-electron chi connectivity index (χ4n) is 2.37. The molecule has 1 saturated heterocycles. The summed E-state index contributed by atoms with van der Waals surface area (Å²) in [5.74, 6) is 1.02. The number of benzene rings is 1. The number of rotatable bonds is 7. The zero-order valence-corrected chi connectivity index (χ0v) is 12.3. The lowest BCUT2D eigenvalue weighted by molar-refractivity contribution is 0.100. The fraction of sp³-hybridized carbons (Fsp3) is 0.562. The van der Waals surface area contributed by atoms with E-state index in [0.717, 1.165) is 19.6 Å². The minimum absolute atomic E-state index is 0.166. The van der Waals surface area contributed by atoms with Crippen molar-refractivity contribution in [2.75, 3.05) is 26.4 Å². The highest BCUT2D eigenvalue weighted by Crippen LogP contribution is 2.17. The number of para-hydroxylation sites is 1. The molecule has 2 N–H and O–H groups in total. The van der Waals surface area contributed by atoms with Crippen molar-refractivity contribution in [2.45, 2.75) is 25.5 Å². The Morgan fingerprint density at radius 1 is 1.52 bits per heavy atom. The molecule has 0 radical (unpaired) electrons. The molecule has 114 valence electrons. The van der Waals surface area contributed by atoms with Crippen LogP contribution < -0.4 is 10.1 Å². The summed E-state index contributed by atoms with van der Waals surface area (Å²) < 4.78 is 10.9. The molecule has 1 aliphatic heterocycles. The smallest absolute Gasteiger partial charge is 0.137 e. The van der Waals surface area contributed by atoms with Crippen molar-refractivity contribution < 1.29 is 14.6 Å². The highest BCUT2D eigenvalue weighted by molar-refractivity contribution is 5.42. The van der Waals surface area contributed by atoms with E-state index in [2.05, 4.69) is 18.3 Å². The fourth-order valence-corrected chi connectivity index (χ4v) is 2.37. The number of nitrogens with zero attached hydrogens (tertiary/aromatic N) is 1. The van der Waals surface area contributed by atoms with Crippen LogP contribution >= 0.6 is 0 Å². The van der Waals surface area contributed by atoms with Gasteiger partial charge in [0.1, 0.15) is 24.5 Å². The number of hydrogen-bond donors (Lipinski definition) is 2. The molecule has 5 nitrogen and oxygen atoms in total. The summed E-state index contributed by atoms with van der Waals surface area (Å²) in [6.45, 7) is 4.35. The van der Waals surface area contributed by atoms with Crippen molar-refractivity contribution in [2.24, 2.45) is 5.92 Å². The van der Waals surface area contributed by atoms with Crippen molar-refractivity contribution in [1.29, 1.82) is 5.26 Å². The van der Waals surface area contributed by atoms with Crippen molar-refractivity contribution in [3.05, 3.63) is 29.8 Å². The van der Waals surface area contributed by atoms with Crippen molar-refractivity contribution in [3.8, 4) is 11.8 Å². The molecule has 0 amide bonds. The third-order valence-corrected chi connectivity index (χ3v) is 3.79. The third-order valence-electron chi connectivity index (χ3n) is 3.79. The maximum atomic E-state index is 9.96. The summed E-state index contributed by atoms with van der Waals surface area (Å²) in [6.07, 6.45) is 0.456. The van der Waals surface area contributed by atoms with Gasteiger partial charge >= 0.3 is 0 Å². The van der Waals surface area contributed by atoms with Crippen LogP contribution in [0.15, 0.2) is 24.3 Å². The largest absolute Gasteiger partial charge is 0.489 e. The number of aliphatic hydroxyl groups is 1. The van der Waals surface area contributed by atoms with Crippen molar-refractivity contribution in [1.82, 2.24) is 5.32 Å². The van der Waals surface area contributed by atoms with E-state index >= 15 is 0 Å². The van der Waals surface area contributed by atoms with Crippen LogP contribution in [-0.4, -0.2) is 43.6 Å². The van der Waals surface area contributed by atoms with Crippen LogP contribution in [0.5, 0.6) is 5.75 Å². The van der Waals surface area contributed by atoms with Crippen molar-refractivity contribution in [3.63, 3.8) is 0 Å². The molecular formula is C16H22N2O3. The van der Waals surface area contributed by atoms with Crippen LogP contribution in [0, 0.1) is 17.2 Å². The molecule has 2 rings (SSSR count). The van der Waals surface area contributed by atoms with Crippen LogP contribution in [0.1, 0.15) is 18.9 Å². The molecule has 0 bridgehead atoms. The first kappa shape index (κ1) is 15.8. The number of ether oxygens (including phenoxy) is 2. The van der Waals surface area contributed by atoms with Crippen LogP contribution in [0.3, 0.4) is 0 Å². The molecule has 3 unspecified atom stereocenters. The SMILES string of the molecule is CC(NCC(O)COc1ccccc1C#N)C1CCOC1. The second kappa shape index (κ2) is 7.99. The minimum Gasteiger partial charge on any atom is -0.489 e. The highest BCUT2D eigenvalue weighted by Gasteiger charge is 2.22. The summed E-state index contributed by atoms with van der Waals surface area (Å²) in [5.41, 5.74) is 0.481. The average Bonchev–Trinajstić information content (AvgIpc) is 3.05. The maximum absolute atomic E-state index is 9.96. The molecule has 5 heteroatoms. The molecule has 1 aromatic carbocycles. The quantitative estimate of drug-likeness (QED) is 0.792. The van der Waals surface area contributed by atoms with Gasteiger partial charge in [0.2, 0.25) is 0 Å². The average molecular weight is 290 g/mol. The van der Waals surface area contributed by atoms with Gasteiger partial charge < -0.3 is 19.9 Å². The van der Waals surface area contributed by atoms with Gasteiger partial charge in [-0.25, -0.2) is 0 Å². The van der Waals surface area contributed by atoms with Gasteiger partial charge in [-0.2, -0.15) is 5.26 Å². The molecule has 0 aliphatic carbocycles. The Bertz CT molecular complexity index is 481. The first-order chi connectivity index (χ1) is 10.2. The van der Waals surface area contributed by atoms with E-state index in [4.69, 9.17) is 14.7 Å². The number of aliphatic hydroxyl groups excluding tert-OH is 1. The number of nitriles is 1. The Morgan fingerprint density at radius 3 is 3.05 bits per heavy atom. The van der Waals surface area contributed by atoms with Gasteiger partial charge in [0.05, 0.1) is 12.2 Å². The van der Waals surface area contributed by atoms with Gasteiger partial charge in [0, 0.05) is 19.2 Å². The van der Waals surface area contributed by atoms with Gasteiger partial charge in [-0.15, -0.1) is 0 Å². The van der Waals surface area contributed by atoms with Gasteiger partial charge in [-0.3, -0.25) is 0 Å². The van der Waals surface area contributed by atoms with Gasteiger partial charge in [0.25, 0.3) is 0 Å². The van der Waals surface area contributed by atoms with Gasteiger partial charge in [-0.05, 0) is 31.4 Å². The maximum Gasteiger partial charge on any atom is 0.137 e. The molecule has 3 atom stereocenters. The minimum atomic E-state index is -0.610. The molecule has 0 saturated carbocycles. The predicted octanol–water partition coefficient (Wildman–Crippen LogP) is 1.31. The van der Waals surface area contributed by atoms with E-state index in [-0.39, 0.29) is 6.61 Å². The predicted molar refractivity (Wildman–Crippen MR) is 79.0 cm³/mol. The van der Waals surface area contributed by atoms with E-state index in [1.807, 2.05) is 6.07 Å². The highest BCUT2D eigenvalue weighted by atomic mass is 16.5. The third kappa shape index (κ3) is 4.71. The Balaban J connectivity index is 1.72.